The van der Waals surface area contributed by atoms with Crippen LogP contribution in [0.25, 0.3) is 5.52 Å². The number of fused-ring (bicyclic) bond motifs is 1. The number of carbonyl (C=O) groups excluding carboxylic acids is 1. The molecule has 0 atom stereocenters. The first-order valence-electron chi connectivity index (χ1n) is 6.01. The van der Waals surface area contributed by atoms with E-state index in [1.807, 2.05) is 0 Å². The van der Waals surface area contributed by atoms with Gasteiger partial charge < -0.3 is 9.47 Å². The van der Waals surface area contributed by atoms with Crippen LogP contribution in [-0.2, 0) is 0 Å². The van der Waals surface area contributed by atoms with E-state index in [9.17, 15) is 4.79 Å². The molecule has 0 aliphatic rings. The first-order chi connectivity index (χ1) is 10.2. The predicted molar refractivity (Wildman–Crippen MR) is 71.6 cm³/mol. The zero-order valence-corrected chi connectivity index (χ0v) is 11.3. The number of methoxy groups -OCH3 is 2. The number of hydrogen-bond acceptors (Lipinski definition) is 7. The van der Waals surface area contributed by atoms with Crippen LogP contribution in [0.3, 0.4) is 0 Å². The Hall–Kier alpha value is -3.03. The zero-order chi connectivity index (χ0) is 14.8. The Labute approximate surface area is 119 Å². The maximum atomic E-state index is 12.6. The molecule has 8 heteroatoms. The molecule has 0 bridgehead atoms. The number of ketones is 1. The number of rotatable bonds is 4. The van der Waals surface area contributed by atoms with Gasteiger partial charge in [-0.25, -0.2) is 9.50 Å². The second kappa shape index (κ2) is 5.16. The van der Waals surface area contributed by atoms with Crippen LogP contribution in [0.15, 0.2) is 31.0 Å². The number of ether oxygens (including phenoxy) is 2. The highest BCUT2D eigenvalue weighted by Gasteiger charge is 2.22. The Morgan fingerprint density at radius 1 is 1.19 bits per heavy atom. The second-order valence-corrected chi connectivity index (χ2v) is 4.06. The summed E-state index contributed by atoms with van der Waals surface area (Å²) in [7, 11) is 2.87. The number of hydrogen-bond donors (Lipinski definition) is 0. The molecular weight excluding hydrogens is 274 g/mol. The summed E-state index contributed by atoms with van der Waals surface area (Å²) in [4.78, 5) is 24.7. The fourth-order valence-corrected chi connectivity index (χ4v) is 1.89. The van der Waals surface area contributed by atoms with Crippen LogP contribution in [0.2, 0.25) is 0 Å². The normalized spacial score (nSPS) is 10.6. The average molecular weight is 285 g/mol. The molecular formula is C13H11N5O3. The largest absolute Gasteiger partial charge is 0.480 e. The molecule has 3 aromatic rings. The van der Waals surface area contributed by atoms with Crippen molar-refractivity contribution in [1.29, 1.82) is 0 Å². The van der Waals surface area contributed by atoms with Gasteiger partial charge in [0, 0.05) is 12.4 Å². The molecule has 0 saturated carbocycles. The Kier molecular flexibility index (Phi) is 3.19. The van der Waals surface area contributed by atoms with E-state index in [2.05, 4.69) is 20.1 Å². The van der Waals surface area contributed by atoms with Crippen LogP contribution in [-0.4, -0.2) is 44.6 Å². The lowest BCUT2D eigenvalue weighted by Gasteiger charge is -2.06. The van der Waals surface area contributed by atoms with Crippen molar-refractivity contribution < 1.29 is 14.3 Å². The van der Waals surface area contributed by atoms with Crippen LogP contribution in [0.4, 0.5) is 0 Å². The highest BCUT2D eigenvalue weighted by atomic mass is 16.5. The van der Waals surface area contributed by atoms with E-state index in [0.29, 0.717) is 11.1 Å². The average Bonchev–Trinajstić information content (AvgIpc) is 2.97. The summed E-state index contributed by atoms with van der Waals surface area (Å²) < 4.78 is 11.6. The van der Waals surface area contributed by atoms with E-state index in [-0.39, 0.29) is 23.2 Å². The van der Waals surface area contributed by atoms with Crippen molar-refractivity contribution in [1.82, 2.24) is 24.6 Å². The molecule has 106 valence electrons. The van der Waals surface area contributed by atoms with Crippen molar-refractivity contribution in [3.05, 3.63) is 42.2 Å². The third-order valence-electron chi connectivity index (χ3n) is 2.91. The summed E-state index contributed by atoms with van der Waals surface area (Å²) in [5.41, 5.74) is 1.06. The maximum absolute atomic E-state index is 12.6. The topological polar surface area (TPSA) is 91.5 Å². The lowest BCUT2D eigenvalue weighted by Crippen LogP contribution is -2.08. The lowest BCUT2D eigenvalue weighted by molar-refractivity contribution is 0.103. The minimum atomic E-state index is -0.343. The molecule has 0 aliphatic carbocycles. The van der Waals surface area contributed by atoms with Crippen molar-refractivity contribution in [2.75, 3.05) is 14.2 Å². The first kappa shape index (κ1) is 13.0. The third-order valence-corrected chi connectivity index (χ3v) is 2.91. The molecule has 0 unspecified atom stereocenters. The summed E-state index contributed by atoms with van der Waals surface area (Å²) >= 11 is 0. The second-order valence-electron chi connectivity index (χ2n) is 4.06. The number of nitrogens with zero attached hydrogens (tertiary/aromatic N) is 5. The molecule has 0 amide bonds. The van der Waals surface area contributed by atoms with Crippen molar-refractivity contribution in [2.24, 2.45) is 0 Å². The fourth-order valence-electron chi connectivity index (χ4n) is 1.89. The smallest absolute Gasteiger partial charge is 0.247 e. The van der Waals surface area contributed by atoms with E-state index < -0.39 is 0 Å². The van der Waals surface area contributed by atoms with Crippen LogP contribution >= 0.6 is 0 Å². The van der Waals surface area contributed by atoms with E-state index >= 15 is 0 Å². The van der Waals surface area contributed by atoms with Crippen LogP contribution < -0.4 is 9.47 Å². The molecule has 0 saturated heterocycles. The van der Waals surface area contributed by atoms with Gasteiger partial charge in [0.05, 0.1) is 43.9 Å². The molecule has 21 heavy (non-hydrogen) atoms. The SMILES string of the molecule is COc1cnc(C(=O)c2cnn3ccncc23)c(OC)n1. The highest BCUT2D eigenvalue weighted by Crippen LogP contribution is 2.21. The first-order valence-corrected chi connectivity index (χ1v) is 6.01. The van der Waals surface area contributed by atoms with Gasteiger partial charge in [-0.15, -0.1) is 0 Å². The number of aromatic nitrogens is 5. The van der Waals surface area contributed by atoms with Gasteiger partial charge in [-0.05, 0) is 0 Å². The third kappa shape index (κ3) is 2.16. The highest BCUT2D eigenvalue weighted by molar-refractivity contribution is 6.12. The van der Waals surface area contributed by atoms with Gasteiger partial charge in [0.15, 0.2) is 5.69 Å². The summed E-state index contributed by atoms with van der Waals surface area (Å²) in [6.45, 7) is 0. The van der Waals surface area contributed by atoms with E-state index in [0.717, 1.165) is 0 Å². The Bertz CT molecular complexity index is 814. The van der Waals surface area contributed by atoms with E-state index in [4.69, 9.17) is 9.47 Å². The molecule has 0 spiro atoms. The maximum Gasteiger partial charge on any atom is 0.247 e. The van der Waals surface area contributed by atoms with Crippen molar-refractivity contribution in [3.8, 4) is 11.8 Å². The van der Waals surface area contributed by atoms with Gasteiger partial charge in [-0.2, -0.15) is 10.1 Å². The molecule has 0 N–H and O–H groups in total. The molecule has 0 aromatic carbocycles. The minimum absolute atomic E-state index is 0.0945. The van der Waals surface area contributed by atoms with E-state index in [1.54, 1.807) is 23.1 Å². The quantitative estimate of drug-likeness (QED) is 0.654. The fraction of sp³-hybridized carbons (Fsp3) is 0.154. The van der Waals surface area contributed by atoms with Gasteiger partial charge in [-0.3, -0.25) is 9.78 Å². The standard InChI is InChI=1S/C13H11N5O3/c1-20-10-7-15-11(13(17-10)21-2)12(19)8-5-16-18-4-3-14-6-9(8)18/h3-7H,1-2H3. The van der Waals surface area contributed by atoms with Crippen molar-refractivity contribution in [2.45, 2.75) is 0 Å². The van der Waals surface area contributed by atoms with Gasteiger partial charge in [0.1, 0.15) is 0 Å². The van der Waals surface area contributed by atoms with Crippen LogP contribution in [0.1, 0.15) is 16.1 Å². The predicted octanol–water partition coefficient (Wildman–Crippen LogP) is 0.767. The summed E-state index contributed by atoms with van der Waals surface area (Å²) in [6.07, 6.45) is 7.62. The molecule has 3 rings (SSSR count). The monoisotopic (exact) mass is 285 g/mol. The van der Waals surface area contributed by atoms with Crippen LogP contribution in [0.5, 0.6) is 11.8 Å². The molecule has 0 fully saturated rings. The van der Waals surface area contributed by atoms with Crippen LogP contribution in [0, 0.1) is 0 Å². The van der Waals surface area contributed by atoms with E-state index in [1.165, 1.54) is 26.6 Å². The Balaban J connectivity index is 2.10. The summed E-state index contributed by atoms with van der Waals surface area (Å²) in [5, 5.41) is 4.10. The molecule has 3 aromatic heterocycles. The molecule has 0 radical (unpaired) electrons. The zero-order valence-electron chi connectivity index (χ0n) is 11.3. The molecule has 3 heterocycles. The van der Waals surface area contributed by atoms with Gasteiger partial charge >= 0.3 is 0 Å². The van der Waals surface area contributed by atoms with Crippen molar-refractivity contribution >= 4 is 11.3 Å². The Morgan fingerprint density at radius 3 is 2.81 bits per heavy atom. The Morgan fingerprint density at radius 2 is 2.05 bits per heavy atom. The molecule has 0 aliphatic heterocycles. The molecule has 8 nitrogen and oxygen atoms in total. The summed E-state index contributed by atoms with van der Waals surface area (Å²) in [5.74, 6) is 0.0255. The van der Waals surface area contributed by atoms with Gasteiger partial charge in [0.2, 0.25) is 17.5 Å². The summed E-state index contributed by atoms with van der Waals surface area (Å²) in [6, 6.07) is 0. The lowest BCUT2D eigenvalue weighted by atomic mass is 10.1. The number of carbonyl (C=O) groups is 1. The minimum Gasteiger partial charge on any atom is -0.480 e. The van der Waals surface area contributed by atoms with Gasteiger partial charge in [-0.1, -0.05) is 0 Å². The van der Waals surface area contributed by atoms with Gasteiger partial charge in [0.25, 0.3) is 0 Å². The van der Waals surface area contributed by atoms with Crippen molar-refractivity contribution in [3.63, 3.8) is 0 Å².